The van der Waals surface area contributed by atoms with E-state index in [9.17, 15) is 9.59 Å². The summed E-state index contributed by atoms with van der Waals surface area (Å²) in [5.74, 6) is 0.158. The molecule has 0 unspecified atom stereocenters. The van der Waals surface area contributed by atoms with Gasteiger partial charge in [-0.15, -0.1) is 0 Å². The van der Waals surface area contributed by atoms with E-state index in [1.165, 1.54) is 0 Å². The molecule has 0 spiro atoms. The number of ketones is 2. The lowest BCUT2D eigenvalue weighted by Crippen LogP contribution is -2.14. The summed E-state index contributed by atoms with van der Waals surface area (Å²) in [5.41, 5.74) is 2.76. The summed E-state index contributed by atoms with van der Waals surface area (Å²) in [6.07, 6.45) is 0. The first-order valence-electron chi connectivity index (χ1n) is 10.3. The van der Waals surface area contributed by atoms with Crippen LogP contribution in [0, 0.1) is 0 Å². The standard InChI is InChI=1S/C28H22O4/c29-27(23-11-15-25(16-12-23)31-19-21-7-3-1-4-8-21)28(30)24-13-17-26(18-14-24)32-20-22-9-5-2-6-10-22/h1-18H,19-20H2. The summed E-state index contributed by atoms with van der Waals surface area (Å²) < 4.78 is 11.5. The summed E-state index contributed by atoms with van der Waals surface area (Å²) in [7, 11) is 0. The lowest BCUT2D eigenvalue weighted by Gasteiger charge is -2.08. The Morgan fingerprint density at radius 2 is 0.812 bits per heavy atom. The van der Waals surface area contributed by atoms with Gasteiger partial charge in [0.15, 0.2) is 0 Å². The minimum atomic E-state index is -0.558. The maximum absolute atomic E-state index is 12.6. The maximum atomic E-state index is 12.6. The summed E-state index contributed by atoms with van der Waals surface area (Å²) in [4.78, 5) is 25.2. The first-order chi connectivity index (χ1) is 15.7. The van der Waals surface area contributed by atoms with Gasteiger partial charge in [-0.3, -0.25) is 9.59 Å². The number of hydrogen-bond donors (Lipinski definition) is 0. The molecule has 0 bridgehead atoms. The maximum Gasteiger partial charge on any atom is 0.233 e. The van der Waals surface area contributed by atoms with Gasteiger partial charge in [0.1, 0.15) is 24.7 Å². The van der Waals surface area contributed by atoms with Crippen LogP contribution in [0.2, 0.25) is 0 Å². The van der Waals surface area contributed by atoms with Gasteiger partial charge in [-0.2, -0.15) is 0 Å². The van der Waals surface area contributed by atoms with E-state index in [1.807, 2.05) is 60.7 Å². The van der Waals surface area contributed by atoms with Crippen LogP contribution in [0.5, 0.6) is 11.5 Å². The predicted molar refractivity (Wildman–Crippen MR) is 123 cm³/mol. The van der Waals surface area contributed by atoms with E-state index >= 15 is 0 Å². The normalized spacial score (nSPS) is 10.4. The summed E-state index contributed by atoms with van der Waals surface area (Å²) in [6, 6.07) is 32.9. The van der Waals surface area contributed by atoms with E-state index in [0.717, 1.165) is 11.1 Å². The molecule has 0 aliphatic carbocycles. The van der Waals surface area contributed by atoms with Crippen LogP contribution in [-0.2, 0) is 13.2 Å². The molecule has 4 aromatic carbocycles. The fourth-order valence-corrected chi connectivity index (χ4v) is 3.15. The second-order valence-corrected chi connectivity index (χ2v) is 7.26. The lowest BCUT2D eigenvalue weighted by atomic mass is 10.0. The van der Waals surface area contributed by atoms with Crippen molar-refractivity contribution in [2.75, 3.05) is 0 Å². The average Bonchev–Trinajstić information content (AvgIpc) is 2.87. The highest BCUT2D eigenvalue weighted by Crippen LogP contribution is 2.18. The van der Waals surface area contributed by atoms with Crippen LogP contribution >= 0.6 is 0 Å². The van der Waals surface area contributed by atoms with Crippen LogP contribution in [0.25, 0.3) is 0 Å². The molecule has 4 heteroatoms. The van der Waals surface area contributed by atoms with E-state index in [4.69, 9.17) is 9.47 Å². The Bertz CT molecular complexity index is 1070. The van der Waals surface area contributed by atoms with Crippen molar-refractivity contribution in [3.05, 3.63) is 131 Å². The van der Waals surface area contributed by atoms with Crippen LogP contribution in [0.4, 0.5) is 0 Å². The molecule has 32 heavy (non-hydrogen) atoms. The molecule has 0 fully saturated rings. The highest BCUT2D eigenvalue weighted by atomic mass is 16.5. The minimum absolute atomic E-state index is 0.325. The van der Waals surface area contributed by atoms with Gasteiger partial charge in [0, 0.05) is 11.1 Å². The number of Topliss-reactive ketones (excluding diaryl/α,β-unsaturated/α-hetero) is 2. The van der Waals surface area contributed by atoms with Crippen molar-refractivity contribution >= 4 is 11.6 Å². The highest BCUT2D eigenvalue weighted by Gasteiger charge is 2.18. The highest BCUT2D eigenvalue weighted by molar-refractivity contribution is 6.49. The first kappa shape index (κ1) is 21.1. The van der Waals surface area contributed by atoms with Crippen molar-refractivity contribution < 1.29 is 19.1 Å². The van der Waals surface area contributed by atoms with E-state index in [-0.39, 0.29) is 0 Å². The molecule has 0 saturated carbocycles. The van der Waals surface area contributed by atoms with Crippen molar-refractivity contribution in [2.45, 2.75) is 13.2 Å². The third-order valence-electron chi connectivity index (χ3n) is 4.94. The quantitative estimate of drug-likeness (QED) is 0.249. The molecule has 0 atom stereocenters. The van der Waals surface area contributed by atoms with E-state index < -0.39 is 11.6 Å². The van der Waals surface area contributed by atoms with Crippen LogP contribution in [0.1, 0.15) is 31.8 Å². The molecule has 0 saturated heterocycles. The fraction of sp³-hybridized carbons (Fsp3) is 0.0714. The average molecular weight is 422 g/mol. The molecule has 4 rings (SSSR count). The zero-order valence-electron chi connectivity index (χ0n) is 17.4. The fourth-order valence-electron chi connectivity index (χ4n) is 3.15. The molecule has 0 aliphatic rings. The van der Waals surface area contributed by atoms with Crippen LogP contribution in [0.3, 0.4) is 0 Å². The van der Waals surface area contributed by atoms with E-state index in [2.05, 4.69) is 0 Å². The van der Waals surface area contributed by atoms with Crippen molar-refractivity contribution in [3.8, 4) is 11.5 Å². The van der Waals surface area contributed by atoms with E-state index in [0.29, 0.717) is 35.8 Å². The Hall–Kier alpha value is -4.18. The van der Waals surface area contributed by atoms with Gasteiger partial charge in [-0.25, -0.2) is 0 Å². The number of carbonyl (C=O) groups is 2. The zero-order valence-corrected chi connectivity index (χ0v) is 17.4. The summed E-state index contributed by atoms with van der Waals surface area (Å²) in [5, 5.41) is 0. The van der Waals surface area contributed by atoms with Gasteiger partial charge in [-0.1, -0.05) is 60.7 Å². The summed E-state index contributed by atoms with van der Waals surface area (Å²) >= 11 is 0. The third-order valence-corrected chi connectivity index (χ3v) is 4.94. The Morgan fingerprint density at radius 3 is 1.16 bits per heavy atom. The second-order valence-electron chi connectivity index (χ2n) is 7.26. The van der Waals surface area contributed by atoms with E-state index in [1.54, 1.807) is 48.5 Å². The van der Waals surface area contributed by atoms with Gasteiger partial charge in [0.25, 0.3) is 0 Å². The molecule has 4 nitrogen and oxygen atoms in total. The lowest BCUT2D eigenvalue weighted by molar-refractivity contribution is 0.0817. The predicted octanol–water partition coefficient (Wildman–Crippen LogP) is 5.91. The van der Waals surface area contributed by atoms with Gasteiger partial charge >= 0.3 is 0 Å². The molecule has 0 heterocycles. The third kappa shape index (κ3) is 5.49. The number of carbonyl (C=O) groups excluding carboxylic acids is 2. The molecule has 4 aromatic rings. The smallest absolute Gasteiger partial charge is 0.233 e. The number of hydrogen-bond acceptors (Lipinski definition) is 4. The molecule has 158 valence electrons. The second kappa shape index (κ2) is 10.2. The molecule has 0 radical (unpaired) electrons. The Balaban J connectivity index is 1.34. The van der Waals surface area contributed by atoms with Gasteiger partial charge in [-0.05, 0) is 59.7 Å². The van der Waals surface area contributed by atoms with Crippen LogP contribution < -0.4 is 9.47 Å². The number of ether oxygens (including phenoxy) is 2. The van der Waals surface area contributed by atoms with Crippen LogP contribution in [0.15, 0.2) is 109 Å². The topological polar surface area (TPSA) is 52.6 Å². The molecule has 0 N–H and O–H groups in total. The monoisotopic (exact) mass is 422 g/mol. The minimum Gasteiger partial charge on any atom is -0.489 e. The van der Waals surface area contributed by atoms with Crippen LogP contribution in [-0.4, -0.2) is 11.6 Å². The molecule has 0 amide bonds. The largest absolute Gasteiger partial charge is 0.489 e. The Kier molecular flexibility index (Phi) is 6.73. The summed E-state index contributed by atoms with van der Waals surface area (Å²) in [6.45, 7) is 0.873. The molecular weight excluding hydrogens is 400 g/mol. The SMILES string of the molecule is O=C(C(=O)c1ccc(OCc2ccccc2)cc1)c1ccc(OCc2ccccc2)cc1. The van der Waals surface area contributed by atoms with Crippen molar-refractivity contribution in [1.82, 2.24) is 0 Å². The van der Waals surface area contributed by atoms with Crippen molar-refractivity contribution in [1.29, 1.82) is 0 Å². The van der Waals surface area contributed by atoms with Gasteiger partial charge < -0.3 is 9.47 Å². The zero-order chi connectivity index (χ0) is 22.2. The number of benzene rings is 4. The molecule has 0 aromatic heterocycles. The number of rotatable bonds is 9. The van der Waals surface area contributed by atoms with Crippen molar-refractivity contribution in [2.24, 2.45) is 0 Å². The van der Waals surface area contributed by atoms with Crippen molar-refractivity contribution in [3.63, 3.8) is 0 Å². The van der Waals surface area contributed by atoms with Gasteiger partial charge in [0.05, 0.1) is 0 Å². The first-order valence-corrected chi connectivity index (χ1v) is 10.3. The Labute approximate surface area is 187 Å². The Morgan fingerprint density at radius 1 is 0.469 bits per heavy atom. The molecular formula is C28H22O4. The molecule has 0 aliphatic heterocycles. The van der Waals surface area contributed by atoms with Gasteiger partial charge in [0.2, 0.25) is 11.6 Å².